The molecule has 0 saturated heterocycles. The van der Waals surface area contributed by atoms with E-state index in [1.54, 1.807) is 32.4 Å². The van der Waals surface area contributed by atoms with E-state index < -0.39 is 15.9 Å². The van der Waals surface area contributed by atoms with Crippen LogP contribution in [0, 0.1) is 0 Å². The summed E-state index contributed by atoms with van der Waals surface area (Å²) < 4.78 is 34.7. The van der Waals surface area contributed by atoms with Crippen molar-refractivity contribution < 1.29 is 22.7 Å². The van der Waals surface area contributed by atoms with Crippen molar-refractivity contribution in [2.75, 3.05) is 20.5 Å². The summed E-state index contributed by atoms with van der Waals surface area (Å²) in [5, 5.41) is 5.92. The molecule has 0 fully saturated rings. The number of rotatable bonds is 6. The maximum atomic E-state index is 12.7. The molecule has 3 aromatic carbocycles. The lowest BCUT2D eigenvalue weighted by atomic mass is 9.87. The summed E-state index contributed by atoms with van der Waals surface area (Å²) in [5.41, 5.74) is 3.76. The van der Waals surface area contributed by atoms with Crippen molar-refractivity contribution in [3.05, 3.63) is 89.5 Å². The van der Waals surface area contributed by atoms with Gasteiger partial charge in [0.05, 0.1) is 30.9 Å². The summed E-state index contributed by atoms with van der Waals surface area (Å²) in [6.45, 7) is 0. The predicted molar refractivity (Wildman–Crippen MR) is 127 cm³/mol. The van der Waals surface area contributed by atoms with Gasteiger partial charge in [-0.05, 0) is 35.4 Å². The molecule has 1 aliphatic rings. The zero-order valence-electron chi connectivity index (χ0n) is 18.5. The van der Waals surface area contributed by atoms with E-state index in [0.717, 1.165) is 23.0 Å². The van der Waals surface area contributed by atoms with Crippen LogP contribution in [0.25, 0.3) is 11.3 Å². The second-order valence-electron chi connectivity index (χ2n) is 7.59. The van der Waals surface area contributed by atoms with Crippen LogP contribution in [0.15, 0.2) is 77.7 Å². The number of benzene rings is 3. The van der Waals surface area contributed by atoms with Gasteiger partial charge in [0.2, 0.25) is 0 Å². The van der Waals surface area contributed by atoms with Crippen molar-refractivity contribution in [3.8, 4) is 11.5 Å². The normalized spacial score (nSPS) is 16.1. The standard InChI is InChI=1S/C25H24N2O5S/c1-31-18-11-14-20(21(15-18)32-2)24-22(16-7-5-4-6-8-16)23(26-25(28)27-24)17-9-12-19(13-10-17)33(3,29)30/h4-15,24H,1-3H3,(H2,26,27,28). The monoisotopic (exact) mass is 464 g/mol. The number of ether oxygens (including phenoxy) is 2. The SMILES string of the molecule is COc1ccc(C2NC(=O)NC(c3ccc(S(C)(=O)=O)cc3)=C2c2ccccc2)c(OC)c1. The number of methoxy groups -OCH3 is 2. The number of hydrogen-bond donors (Lipinski definition) is 2. The van der Waals surface area contributed by atoms with Gasteiger partial charge in [-0.1, -0.05) is 42.5 Å². The summed E-state index contributed by atoms with van der Waals surface area (Å²) >= 11 is 0. The molecule has 4 rings (SSSR count). The molecular weight excluding hydrogens is 440 g/mol. The molecule has 7 nitrogen and oxygen atoms in total. The molecule has 1 atom stereocenters. The molecule has 3 aromatic rings. The predicted octanol–water partition coefficient (Wildman–Crippen LogP) is 4.03. The number of hydrogen-bond acceptors (Lipinski definition) is 5. The fourth-order valence-electron chi connectivity index (χ4n) is 3.88. The van der Waals surface area contributed by atoms with Crippen molar-refractivity contribution in [2.45, 2.75) is 10.9 Å². The first-order valence-electron chi connectivity index (χ1n) is 10.2. The molecule has 0 aromatic heterocycles. The highest BCUT2D eigenvalue weighted by molar-refractivity contribution is 7.90. The average molecular weight is 465 g/mol. The molecule has 0 aliphatic carbocycles. The van der Waals surface area contributed by atoms with Crippen LogP contribution < -0.4 is 20.1 Å². The molecule has 170 valence electrons. The van der Waals surface area contributed by atoms with E-state index in [4.69, 9.17) is 9.47 Å². The van der Waals surface area contributed by atoms with Crippen molar-refractivity contribution in [1.29, 1.82) is 0 Å². The highest BCUT2D eigenvalue weighted by Crippen LogP contribution is 2.41. The van der Waals surface area contributed by atoms with Crippen LogP contribution in [0.3, 0.4) is 0 Å². The lowest BCUT2D eigenvalue weighted by Crippen LogP contribution is -2.43. The van der Waals surface area contributed by atoms with Gasteiger partial charge in [-0.3, -0.25) is 0 Å². The van der Waals surface area contributed by atoms with E-state index in [0.29, 0.717) is 22.8 Å². The first kappa shape index (κ1) is 22.4. The third-order valence-corrected chi connectivity index (χ3v) is 6.61. The summed E-state index contributed by atoms with van der Waals surface area (Å²) in [6, 6.07) is 20.7. The number of carbonyl (C=O) groups excluding carboxylic acids is 1. The minimum atomic E-state index is -3.34. The second kappa shape index (κ2) is 8.99. The van der Waals surface area contributed by atoms with Gasteiger partial charge in [0.1, 0.15) is 11.5 Å². The van der Waals surface area contributed by atoms with E-state index in [-0.39, 0.29) is 10.9 Å². The molecule has 33 heavy (non-hydrogen) atoms. The Morgan fingerprint density at radius 2 is 1.55 bits per heavy atom. The molecule has 1 heterocycles. The van der Waals surface area contributed by atoms with E-state index in [2.05, 4.69) is 10.6 Å². The minimum absolute atomic E-state index is 0.210. The molecule has 1 aliphatic heterocycles. The molecule has 8 heteroatoms. The van der Waals surface area contributed by atoms with Crippen LogP contribution in [0.5, 0.6) is 11.5 Å². The smallest absolute Gasteiger partial charge is 0.320 e. The minimum Gasteiger partial charge on any atom is -0.497 e. The summed E-state index contributed by atoms with van der Waals surface area (Å²) in [6.07, 6.45) is 1.16. The van der Waals surface area contributed by atoms with Gasteiger partial charge < -0.3 is 20.1 Å². The lowest BCUT2D eigenvalue weighted by Gasteiger charge is -2.32. The molecule has 0 saturated carbocycles. The van der Waals surface area contributed by atoms with Gasteiger partial charge >= 0.3 is 6.03 Å². The fourth-order valence-corrected chi connectivity index (χ4v) is 4.51. The third kappa shape index (κ3) is 4.56. The summed E-state index contributed by atoms with van der Waals surface area (Å²) in [7, 11) is -0.195. The quantitative estimate of drug-likeness (QED) is 0.575. The fraction of sp³-hybridized carbons (Fsp3) is 0.160. The van der Waals surface area contributed by atoms with Crippen LogP contribution >= 0.6 is 0 Å². The number of urea groups is 1. The Bertz CT molecular complexity index is 1320. The number of carbonyl (C=O) groups is 1. The first-order chi connectivity index (χ1) is 15.8. The molecule has 0 bridgehead atoms. The van der Waals surface area contributed by atoms with Crippen LogP contribution in [-0.2, 0) is 9.84 Å². The number of nitrogens with one attached hydrogen (secondary N) is 2. The molecular formula is C25H24N2O5S. The van der Waals surface area contributed by atoms with Crippen molar-refractivity contribution >= 4 is 27.1 Å². The molecule has 0 radical (unpaired) electrons. The molecule has 2 N–H and O–H groups in total. The second-order valence-corrected chi connectivity index (χ2v) is 9.61. The average Bonchev–Trinajstić information content (AvgIpc) is 2.83. The Balaban J connectivity index is 1.95. The van der Waals surface area contributed by atoms with Crippen LogP contribution in [0.4, 0.5) is 4.79 Å². The van der Waals surface area contributed by atoms with Gasteiger partial charge in [-0.15, -0.1) is 0 Å². The number of sulfone groups is 1. The molecule has 0 spiro atoms. The number of amides is 2. The Morgan fingerprint density at radius 1 is 0.848 bits per heavy atom. The van der Waals surface area contributed by atoms with Crippen molar-refractivity contribution in [1.82, 2.24) is 10.6 Å². The zero-order chi connectivity index (χ0) is 23.6. The van der Waals surface area contributed by atoms with E-state index >= 15 is 0 Å². The van der Waals surface area contributed by atoms with Crippen LogP contribution in [0.2, 0.25) is 0 Å². The Hall–Kier alpha value is -3.78. The van der Waals surface area contributed by atoms with Gasteiger partial charge in [0.15, 0.2) is 9.84 Å². The third-order valence-electron chi connectivity index (χ3n) is 5.48. The van der Waals surface area contributed by atoms with Gasteiger partial charge in [0.25, 0.3) is 0 Å². The maximum Gasteiger partial charge on any atom is 0.320 e. The topological polar surface area (TPSA) is 93.7 Å². The van der Waals surface area contributed by atoms with E-state index in [9.17, 15) is 13.2 Å². The van der Waals surface area contributed by atoms with Gasteiger partial charge in [-0.2, -0.15) is 0 Å². The summed E-state index contributed by atoms with van der Waals surface area (Å²) in [4.78, 5) is 12.9. The van der Waals surface area contributed by atoms with Gasteiger partial charge in [0, 0.05) is 23.5 Å². The zero-order valence-corrected chi connectivity index (χ0v) is 19.3. The Kier molecular flexibility index (Phi) is 6.11. The highest BCUT2D eigenvalue weighted by atomic mass is 32.2. The summed E-state index contributed by atoms with van der Waals surface area (Å²) in [5.74, 6) is 1.21. The van der Waals surface area contributed by atoms with E-state index in [1.807, 2.05) is 42.5 Å². The first-order valence-corrected chi connectivity index (χ1v) is 12.1. The van der Waals surface area contributed by atoms with E-state index in [1.165, 1.54) is 12.1 Å². The Morgan fingerprint density at radius 3 is 2.15 bits per heavy atom. The van der Waals surface area contributed by atoms with Crippen LogP contribution in [0.1, 0.15) is 22.7 Å². The van der Waals surface area contributed by atoms with Crippen LogP contribution in [-0.4, -0.2) is 34.9 Å². The van der Waals surface area contributed by atoms with Crippen molar-refractivity contribution in [2.24, 2.45) is 0 Å². The van der Waals surface area contributed by atoms with Crippen molar-refractivity contribution in [3.63, 3.8) is 0 Å². The Labute approximate surface area is 193 Å². The molecule has 1 unspecified atom stereocenters. The largest absolute Gasteiger partial charge is 0.497 e. The highest BCUT2D eigenvalue weighted by Gasteiger charge is 2.32. The molecule has 2 amide bonds. The maximum absolute atomic E-state index is 12.7. The lowest BCUT2D eigenvalue weighted by molar-refractivity contribution is 0.242. The van der Waals surface area contributed by atoms with Gasteiger partial charge in [-0.25, -0.2) is 13.2 Å².